The van der Waals surface area contributed by atoms with Crippen LogP contribution >= 0.6 is 0 Å². The number of aromatic nitrogens is 2. The van der Waals surface area contributed by atoms with Crippen molar-refractivity contribution >= 4 is 22.8 Å². The maximum absolute atomic E-state index is 14.4. The van der Waals surface area contributed by atoms with Gasteiger partial charge in [-0.2, -0.15) is 0 Å². The third kappa shape index (κ3) is 3.72. The van der Waals surface area contributed by atoms with Crippen molar-refractivity contribution < 1.29 is 18.7 Å². The Morgan fingerprint density at radius 3 is 2.70 bits per heavy atom. The van der Waals surface area contributed by atoms with Gasteiger partial charge in [-0.1, -0.05) is 18.6 Å². The molecule has 1 saturated carbocycles. The fourth-order valence-electron chi connectivity index (χ4n) is 5.36. The van der Waals surface area contributed by atoms with Crippen LogP contribution in [0.1, 0.15) is 49.6 Å². The van der Waals surface area contributed by atoms with E-state index in [4.69, 9.17) is 11.2 Å². The number of imidazole rings is 1. The van der Waals surface area contributed by atoms with Crippen LogP contribution in [0, 0.1) is 12.5 Å². The number of benzene rings is 1. The van der Waals surface area contributed by atoms with Gasteiger partial charge in [0.05, 0.1) is 29.8 Å². The predicted octanol–water partition coefficient (Wildman–Crippen LogP) is 1.58. The molecule has 3 heterocycles. The number of para-hydroxylation sites is 1. The highest BCUT2D eigenvalue weighted by Gasteiger charge is 2.39. The van der Waals surface area contributed by atoms with Gasteiger partial charge in [0.15, 0.2) is 0 Å². The summed E-state index contributed by atoms with van der Waals surface area (Å²) in [5, 5.41) is 2.34. The van der Waals surface area contributed by atoms with Gasteiger partial charge >= 0.3 is 5.69 Å². The topological polar surface area (TPSA) is 85.6 Å². The van der Waals surface area contributed by atoms with Crippen LogP contribution in [0.4, 0.5) is 4.39 Å². The number of carbonyl (C=O) groups excluding carboxylic acids is 2. The number of hydrogen-bond acceptors (Lipinski definition) is 5. The van der Waals surface area contributed by atoms with E-state index in [-0.39, 0.29) is 36.6 Å². The molecule has 3 fully saturated rings. The Morgan fingerprint density at radius 2 is 2.00 bits per heavy atom. The summed E-state index contributed by atoms with van der Waals surface area (Å²) in [4.78, 5) is 38.7. The number of terminal acetylenes is 1. The van der Waals surface area contributed by atoms with Crippen LogP contribution in [0.25, 0.3) is 11.0 Å². The Balaban J connectivity index is 1.35. The smallest absolute Gasteiger partial charge is 0.329 e. The fraction of sp³-hybridized carbons (Fsp3) is 0.542. The lowest BCUT2D eigenvalue weighted by Crippen LogP contribution is -2.46. The van der Waals surface area contributed by atoms with Gasteiger partial charge in [-0.3, -0.25) is 24.0 Å². The summed E-state index contributed by atoms with van der Waals surface area (Å²) in [5.74, 6) is -0.572. The van der Waals surface area contributed by atoms with E-state index in [2.05, 4.69) is 11.4 Å². The van der Waals surface area contributed by atoms with Crippen molar-refractivity contribution in [1.82, 2.24) is 19.4 Å². The zero-order chi connectivity index (χ0) is 23.3. The quantitative estimate of drug-likeness (QED) is 0.560. The number of carbonyl (C=O) groups is 2. The Labute approximate surface area is 190 Å². The third-order valence-corrected chi connectivity index (χ3v) is 7.22. The molecule has 9 heteroatoms. The molecule has 2 aliphatic heterocycles. The van der Waals surface area contributed by atoms with E-state index in [1.807, 2.05) is 18.2 Å². The average molecular weight is 455 g/mol. The number of rotatable bonds is 4. The monoisotopic (exact) mass is 454 g/mol. The largest absolute Gasteiger partial charge is 0.372 e. The molecule has 1 aliphatic carbocycles. The molecule has 1 N–H and O–H groups in total. The lowest BCUT2D eigenvalue weighted by molar-refractivity contribution is -0.135. The standard InChI is InChI=1S/C24H27FN4O4/c1-3-28-10-9-20(17(25)13-28)33-15-11-14(12-15)16-5-4-6-18-22(16)27(2)24(32)29(18)19-7-8-21(30)26-23(19)31/h1,4-6,14-15,17,19-20H,7-13H2,2H3,(H,26,30,31)/t14?,15?,17-,19?,20+/m0/s1. The van der Waals surface area contributed by atoms with Gasteiger partial charge in [0, 0.05) is 26.1 Å². The van der Waals surface area contributed by atoms with Gasteiger partial charge in [-0.15, -0.1) is 0 Å². The molecule has 1 aromatic heterocycles. The molecule has 3 atom stereocenters. The minimum atomic E-state index is -1.10. The Bertz CT molecular complexity index is 1210. The summed E-state index contributed by atoms with van der Waals surface area (Å²) in [5.41, 5.74) is 2.22. The van der Waals surface area contributed by atoms with Crippen LogP contribution in [0.3, 0.4) is 0 Å². The number of nitrogens with zero attached hydrogens (tertiary/aromatic N) is 3. The molecular formula is C24H27FN4O4. The van der Waals surface area contributed by atoms with Crippen LogP contribution in [0.15, 0.2) is 23.0 Å². The first-order chi connectivity index (χ1) is 15.9. The molecule has 5 rings (SSSR count). The summed E-state index contributed by atoms with van der Waals surface area (Å²) >= 11 is 0. The van der Waals surface area contributed by atoms with Crippen molar-refractivity contribution in [3.05, 3.63) is 34.2 Å². The maximum atomic E-state index is 14.4. The number of aryl methyl sites for hydroxylation is 1. The molecule has 8 nitrogen and oxygen atoms in total. The van der Waals surface area contributed by atoms with Crippen LogP contribution < -0.4 is 11.0 Å². The molecule has 1 unspecified atom stereocenters. The Hall–Kier alpha value is -3.12. The van der Waals surface area contributed by atoms with Crippen molar-refractivity contribution in [3.63, 3.8) is 0 Å². The summed E-state index contributed by atoms with van der Waals surface area (Å²) in [6, 6.07) is 7.51. The summed E-state index contributed by atoms with van der Waals surface area (Å²) < 4.78 is 23.5. The van der Waals surface area contributed by atoms with E-state index in [9.17, 15) is 18.8 Å². The molecule has 0 bridgehead atoms. The fourth-order valence-corrected chi connectivity index (χ4v) is 5.36. The summed E-state index contributed by atoms with van der Waals surface area (Å²) in [6.45, 7) is 0.833. The number of ether oxygens (including phenoxy) is 1. The molecule has 0 spiro atoms. The average Bonchev–Trinajstić information content (AvgIpc) is 3.02. The van der Waals surface area contributed by atoms with Gasteiger partial charge < -0.3 is 9.64 Å². The second-order valence-electron chi connectivity index (χ2n) is 9.24. The molecule has 2 amide bonds. The minimum absolute atomic E-state index is 0.0276. The van der Waals surface area contributed by atoms with Crippen molar-refractivity contribution in [2.24, 2.45) is 7.05 Å². The van der Waals surface area contributed by atoms with Crippen LogP contribution in [-0.4, -0.2) is 57.3 Å². The maximum Gasteiger partial charge on any atom is 0.329 e. The Morgan fingerprint density at radius 1 is 1.21 bits per heavy atom. The molecule has 33 heavy (non-hydrogen) atoms. The van der Waals surface area contributed by atoms with Gasteiger partial charge in [-0.25, -0.2) is 9.18 Å². The predicted molar refractivity (Wildman–Crippen MR) is 119 cm³/mol. The van der Waals surface area contributed by atoms with Gasteiger partial charge in [0.2, 0.25) is 11.8 Å². The van der Waals surface area contributed by atoms with Gasteiger partial charge in [-0.05, 0) is 43.2 Å². The van der Waals surface area contributed by atoms with Crippen molar-refractivity contribution in [3.8, 4) is 12.5 Å². The Kier molecular flexibility index (Phi) is 5.49. The van der Waals surface area contributed by atoms with Gasteiger partial charge in [0.25, 0.3) is 0 Å². The van der Waals surface area contributed by atoms with E-state index in [0.29, 0.717) is 24.9 Å². The first-order valence-electron chi connectivity index (χ1n) is 11.4. The molecule has 0 radical (unpaired) electrons. The number of amides is 2. The molecule has 2 saturated heterocycles. The SMILES string of the molecule is C#CN1CC[C@@H](OC2CC(c3cccc4c3n(C)c(=O)n4C3CCC(=O)NC3=O)C2)[C@@H](F)C1. The van der Waals surface area contributed by atoms with Gasteiger partial charge in [0.1, 0.15) is 12.2 Å². The molecule has 2 aromatic rings. The molecule has 3 aliphatic rings. The summed E-state index contributed by atoms with van der Waals surface area (Å²) in [6.07, 6.45) is 6.39. The zero-order valence-corrected chi connectivity index (χ0v) is 18.5. The normalized spacial score (nSPS) is 30.1. The van der Waals surface area contributed by atoms with Crippen LogP contribution in [0.5, 0.6) is 0 Å². The number of hydrogen-bond donors (Lipinski definition) is 1. The van der Waals surface area contributed by atoms with E-state index in [0.717, 1.165) is 23.9 Å². The second kappa shape index (κ2) is 8.34. The van der Waals surface area contributed by atoms with E-state index in [1.54, 1.807) is 16.5 Å². The third-order valence-electron chi connectivity index (χ3n) is 7.22. The number of nitrogens with one attached hydrogen (secondary N) is 1. The van der Waals surface area contributed by atoms with E-state index < -0.39 is 24.2 Å². The number of likely N-dealkylation sites (tertiary alicyclic amines) is 1. The molecule has 174 valence electrons. The number of piperidine rings is 2. The highest BCUT2D eigenvalue weighted by Crippen LogP contribution is 2.42. The molecular weight excluding hydrogens is 427 g/mol. The lowest BCUT2D eigenvalue weighted by atomic mass is 9.76. The number of imide groups is 1. The van der Waals surface area contributed by atoms with Crippen molar-refractivity contribution in [2.45, 2.75) is 62.4 Å². The number of halogens is 1. The highest BCUT2D eigenvalue weighted by molar-refractivity contribution is 6.00. The molecule has 1 aromatic carbocycles. The first-order valence-corrected chi connectivity index (χ1v) is 11.4. The van der Waals surface area contributed by atoms with Crippen LogP contribution in [-0.2, 0) is 21.4 Å². The highest BCUT2D eigenvalue weighted by atomic mass is 19.1. The van der Waals surface area contributed by atoms with Crippen LogP contribution in [0.2, 0.25) is 0 Å². The number of alkyl halides is 1. The zero-order valence-electron chi connectivity index (χ0n) is 18.5. The van der Waals surface area contributed by atoms with E-state index >= 15 is 0 Å². The minimum Gasteiger partial charge on any atom is -0.372 e. The lowest BCUT2D eigenvalue weighted by Gasteiger charge is -2.41. The first kappa shape index (κ1) is 21.7. The van der Waals surface area contributed by atoms with Crippen molar-refractivity contribution in [1.29, 1.82) is 0 Å². The van der Waals surface area contributed by atoms with E-state index in [1.165, 1.54) is 4.57 Å². The summed E-state index contributed by atoms with van der Waals surface area (Å²) in [7, 11) is 1.70. The van der Waals surface area contributed by atoms with Crippen molar-refractivity contribution in [2.75, 3.05) is 13.1 Å². The number of fused-ring (bicyclic) bond motifs is 1. The second-order valence-corrected chi connectivity index (χ2v) is 9.24.